The molecule has 0 aromatic rings. The minimum atomic E-state index is 0.390. The summed E-state index contributed by atoms with van der Waals surface area (Å²) in [6.07, 6.45) is 6.00. The Hall–Kier alpha value is -0.590. The van der Waals surface area contributed by atoms with Crippen molar-refractivity contribution in [3.63, 3.8) is 0 Å². The number of carbonyl (C=O) groups is 1. The lowest BCUT2D eigenvalue weighted by atomic mass is 9.83. The quantitative estimate of drug-likeness (QED) is 0.512. The molecule has 4 aliphatic carbocycles. The highest BCUT2D eigenvalue weighted by atomic mass is 16.1. The van der Waals surface area contributed by atoms with Crippen molar-refractivity contribution in [1.82, 2.24) is 0 Å². The SMILES string of the molecule is CC1C(=O)C2C3[C@@H]2[C@@H]1[C@@H]1CC=C[C@H]31. The molecule has 13 heavy (non-hydrogen) atoms. The van der Waals surface area contributed by atoms with Crippen LogP contribution in [0.3, 0.4) is 0 Å². The van der Waals surface area contributed by atoms with Gasteiger partial charge in [0.1, 0.15) is 5.78 Å². The molecule has 0 aromatic heterocycles. The van der Waals surface area contributed by atoms with E-state index in [9.17, 15) is 4.79 Å². The fraction of sp³-hybridized carbons (Fsp3) is 0.750. The molecule has 0 amide bonds. The number of hydrogen-bond donors (Lipinski definition) is 0. The molecule has 7 atom stereocenters. The molecule has 0 bridgehead atoms. The third-order valence-electron chi connectivity index (χ3n) is 5.13. The van der Waals surface area contributed by atoms with E-state index in [2.05, 4.69) is 19.1 Å². The maximum absolute atomic E-state index is 11.8. The molecule has 1 nitrogen and oxygen atoms in total. The number of hydrogen-bond acceptors (Lipinski definition) is 1. The summed E-state index contributed by atoms with van der Waals surface area (Å²) in [5, 5.41) is 0. The van der Waals surface area contributed by atoms with E-state index >= 15 is 0 Å². The third kappa shape index (κ3) is 0.536. The Morgan fingerprint density at radius 3 is 3.00 bits per heavy atom. The third-order valence-corrected chi connectivity index (χ3v) is 5.13. The molecule has 0 aliphatic heterocycles. The molecule has 1 heteroatoms. The van der Waals surface area contributed by atoms with Crippen LogP contribution in [0.15, 0.2) is 12.2 Å². The molecule has 4 aliphatic rings. The van der Waals surface area contributed by atoms with E-state index in [1.165, 1.54) is 6.42 Å². The number of ketones is 1. The highest BCUT2D eigenvalue weighted by Gasteiger charge is 2.74. The lowest BCUT2D eigenvalue weighted by Crippen LogP contribution is -2.19. The van der Waals surface area contributed by atoms with Crippen molar-refractivity contribution in [2.24, 2.45) is 41.4 Å². The fourth-order valence-electron chi connectivity index (χ4n) is 4.73. The van der Waals surface area contributed by atoms with E-state index in [1.54, 1.807) is 0 Å². The van der Waals surface area contributed by atoms with Gasteiger partial charge in [-0.3, -0.25) is 4.79 Å². The Morgan fingerprint density at radius 2 is 2.15 bits per heavy atom. The molecule has 0 spiro atoms. The van der Waals surface area contributed by atoms with Crippen LogP contribution in [-0.2, 0) is 4.79 Å². The van der Waals surface area contributed by atoms with Gasteiger partial charge in [-0.25, -0.2) is 0 Å². The molecule has 3 fully saturated rings. The van der Waals surface area contributed by atoms with Gasteiger partial charge in [0.25, 0.3) is 0 Å². The first kappa shape index (κ1) is 6.80. The molecule has 0 N–H and O–H groups in total. The first-order valence-corrected chi connectivity index (χ1v) is 5.51. The van der Waals surface area contributed by atoms with Gasteiger partial charge in [0, 0.05) is 11.8 Å². The zero-order valence-electron chi connectivity index (χ0n) is 7.81. The van der Waals surface area contributed by atoms with E-state index in [-0.39, 0.29) is 0 Å². The second-order valence-electron chi connectivity index (χ2n) is 5.35. The topological polar surface area (TPSA) is 17.1 Å². The number of Topliss-reactive ketones (excluding diaryl/α,β-unsaturated/α-hetero) is 1. The summed E-state index contributed by atoms with van der Waals surface area (Å²) in [6.45, 7) is 2.16. The molecule has 3 saturated carbocycles. The number of carbonyl (C=O) groups excluding carboxylic acids is 1. The summed E-state index contributed by atoms with van der Waals surface area (Å²) in [7, 11) is 0. The van der Waals surface area contributed by atoms with Gasteiger partial charge in [0.2, 0.25) is 0 Å². The summed E-state index contributed by atoms with van der Waals surface area (Å²) < 4.78 is 0. The van der Waals surface area contributed by atoms with Crippen LogP contribution < -0.4 is 0 Å². The number of allylic oxidation sites excluding steroid dienone is 2. The monoisotopic (exact) mass is 174 g/mol. The summed E-state index contributed by atoms with van der Waals surface area (Å²) in [6, 6.07) is 0. The van der Waals surface area contributed by atoms with Gasteiger partial charge < -0.3 is 0 Å². The van der Waals surface area contributed by atoms with E-state index in [0.29, 0.717) is 17.6 Å². The van der Waals surface area contributed by atoms with Crippen LogP contribution >= 0.6 is 0 Å². The van der Waals surface area contributed by atoms with Gasteiger partial charge in [-0.1, -0.05) is 19.1 Å². The van der Waals surface area contributed by atoms with Crippen molar-refractivity contribution < 1.29 is 4.79 Å². The fourth-order valence-corrected chi connectivity index (χ4v) is 4.73. The van der Waals surface area contributed by atoms with Crippen LogP contribution in [0.5, 0.6) is 0 Å². The minimum absolute atomic E-state index is 0.390. The minimum Gasteiger partial charge on any atom is -0.299 e. The van der Waals surface area contributed by atoms with Crippen molar-refractivity contribution in [3.05, 3.63) is 12.2 Å². The van der Waals surface area contributed by atoms with E-state index in [4.69, 9.17) is 0 Å². The van der Waals surface area contributed by atoms with Gasteiger partial charge in [0.05, 0.1) is 0 Å². The zero-order chi connectivity index (χ0) is 8.74. The zero-order valence-corrected chi connectivity index (χ0v) is 7.81. The maximum Gasteiger partial charge on any atom is 0.139 e. The van der Waals surface area contributed by atoms with Gasteiger partial charge in [-0.15, -0.1) is 0 Å². The predicted molar refractivity (Wildman–Crippen MR) is 48.9 cm³/mol. The molecule has 0 radical (unpaired) electrons. The van der Waals surface area contributed by atoms with Crippen LogP contribution in [0.25, 0.3) is 0 Å². The second kappa shape index (κ2) is 1.77. The van der Waals surface area contributed by atoms with Crippen molar-refractivity contribution in [2.75, 3.05) is 0 Å². The summed E-state index contributed by atoms with van der Waals surface area (Å²) in [5.74, 6) is 5.52. The Balaban J connectivity index is 1.83. The van der Waals surface area contributed by atoms with E-state index in [1.807, 2.05) is 0 Å². The Labute approximate surface area is 78.2 Å². The van der Waals surface area contributed by atoms with E-state index in [0.717, 1.165) is 29.6 Å². The Bertz CT molecular complexity index is 330. The largest absolute Gasteiger partial charge is 0.299 e. The first-order valence-electron chi connectivity index (χ1n) is 5.51. The van der Waals surface area contributed by atoms with Crippen LogP contribution in [-0.4, -0.2) is 5.78 Å². The average molecular weight is 174 g/mol. The lowest BCUT2D eigenvalue weighted by molar-refractivity contribution is -0.122. The van der Waals surface area contributed by atoms with Crippen LogP contribution in [0.1, 0.15) is 13.3 Å². The number of rotatable bonds is 0. The Kier molecular flexibility index (Phi) is 0.928. The maximum atomic E-state index is 11.8. The van der Waals surface area contributed by atoms with Crippen molar-refractivity contribution in [2.45, 2.75) is 13.3 Å². The Morgan fingerprint density at radius 1 is 1.31 bits per heavy atom. The van der Waals surface area contributed by atoms with Crippen LogP contribution in [0, 0.1) is 41.4 Å². The van der Waals surface area contributed by atoms with Gasteiger partial charge in [-0.05, 0) is 36.0 Å². The molecule has 0 aromatic carbocycles. The van der Waals surface area contributed by atoms with Crippen molar-refractivity contribution >= 4 is 5.78 Å². The average Bonchev–Trinajstić information content (AvgIpc) is 2.46. The molecule has 68 valence electrons. The second-order valence-corrected chi connectivity index (χ2v) is 5.35. The smallest absolute Gasteiger partial charge is 0.139 e. The molecule has 4 rings (SSSR count). The van der Waals surface area contributed by atoms with Crippen molar-refractivity contribution in [1.29, 1.82) is 0 Å². The van der Waals surface area contributed by atoms with Crippen molar-refractivity contribution in [3.8, 4) is 0 Å². The van der Waals surface area contributed by atoms with E-state index < -0.39 is 0 Å². The highest BCUT2D eigenvalue weighted by molar-refractivity contribution is 5.90. The first-order chi connectivity index (χ1) is 6.30. The summed E-state index contributed by atoms with van der Waals surface area (Å²) in [4.78, 5) is 11.8. The van der Waals surface area contributed by atoms with Crippen LogP contribution in [0.4, 0.5) is 0 Å². The molecule has 3 unspecified atom stereocenters. The highest BCUT2D eigenvalue weighted by Crippen LogP contribution is 2.74. The molecular formula is C12H14O. The van der Waals surface area contributed by atoms with Gasteiger partial charge in [-0.2, -0.15) is 0 Å². The standard InChI is InChI=1S/C12H14O/c1-5-8-6-3-2-4-7(6)9-10(8)11(9)12(5)13/h2,4-11H,3H2,1H3/t5?,6-,7+,8+,9?,10+,11?/m1/s1. The summed E-state index contributed by atoms with van der Waals surface area (Å²) in [5.41, 5.74) is 0. The normalized spacial score (nSPS) is 65.6. The predicted octanol–water partition coefficient (Wildman–Crippen LogP) is 1.89. The molecule has 0 saturated heterocycles. The molecular weight excluding hydrogens is 160 g/mol. The number of fused-ring (bicyclic) bond motifs is 4. The van der Waals surface area contributed by atoms with Crippen LogP contribution in [0.2, 0.25) is 0 Å². The van der Waals surface area contributed by atoms with Gasteiger partial charge >= 0.3 is 0 Å². The van der Waals surface area contributed by atoms with Gasteiger partial charge in [0.15, 0.2) is 0 Å². The summed E-state index contributed by atoms with van der Waals surface area (Å²) >= 11 is 0. The lowest BCUT2D eigenvalue weighted by Gasteiger charge is -2.20. The molecule has 0 heterocycles.